The molecule has 2 aromatic rings. The van der Waals surface area contributed by atoms with E-state index in [4.69, 9.17) is 9.47 Å². The Morgan fingerprint density at radius 2 is 1.60 bits per heavy atom. The lowest BCUT2D eigenvalue weighted by atomic mass is 10.1. The molecule has 6 nitrogen and oxygen atoms in total. The lowest BCUT2D eigenvalue weighted by Gasteiger charge is -2.12. The number of ether oxygens (including phenoxy) is 2. The second-order valence-electron chi connectivity index (χ2n) is 5.40. The van der Waals surface area contributed by atoms with Crippen LogP contribution in [0.5, 0.6) is 11.5 Å². The van der Waals surface area contributed by atoms with Crippen LogP contribution in [0.1, 0.15) is 34.6 Å². The minimum atomic E-state index is -0.376. The van der Waals surface area contributed by atoms with Crippen molar-refractivity contribution in [2.75, 3.05) is 19.0 Å². The van der Waals surface area contributed by atoms with Crippen molar-refractivity contribution in [1.82, 2.24) is 0 Å². The van der Waals surface area contributed by atoms with Gasteiger partial charge in [0.25, 0.3) is 5.91 Å². The van der Waals surface area contributed by atoms with E-state index in [2.05, 4.69) is 5.32 Å². The lowest BCUT2D eigenvalue weighted by molar-refractivity contribution is -0.118. The second-order valence-corrected chi connectivity index (χ2v) is 5.40. The van der Waals surface area contributed by atoms with Gasteiger partial charge in [0.1, 0.15) is 0 Å². The number of hydrogen-bond acceptors (Lipinski definition) is 5. The van der Waals surface area contributed by atoms with Gasteiger partial charge in [-0.15, -0.1) is 0 Å². The fourth-order valence-corrected chi connectivity index (χ4v) is 2.16. The molecule has 0 aromatic heterocycles. The van der Waals surface area contributed by atoms with Gasteiger partial charge in [-0.05, 0) is 44.2 Å². The van der Waals surface area contributed by atoms with Crippen LogP contribution in [0.4, 0.5) is 5.69 Å². The lowest BCUT2D eigenvalue weighted by Crippen LogP contribution is -2.20. The third-order valence-corrected chi connectivity index (χ3v) is 3.48. The van der Waals surface area contributed by atoms with E-state index in [0.29, 0.717) is 28.3 Å². The van der Waals surface area contributed by atoms with E-state index in [1.165, 1.54) is 21.0 Å². The Balaban J connectivity index is 2.01. The molecule has 0 aliphatic rings. The van der Waals surface area contributed by atoms with E-state index in [9.17, 15) is 14.4 Å². The van der Waals surface area contributed by atoms with E-state index in [0.717, 1.165) is 0 Å². The third kappa shape index (κ3) is 4.91. The number of carbonyl (C=O) groups excluding carboxylic acids is 3. The van der Waals surface area contributed by atoms with Gasteiger partial charge in [0.05, 0.1) is 7.11 Å². The first-order valence-corrected chi connectivity index (χ1v) is 7.63. The molecule has 0 radical (unpaired) electrons. The van der Waals surface area contributed by atoms with Crippen molar-refractivity contribution in [2.45, 2.75) is 13.8 Å². The summed E-state index contributed by atoms with van der Waals surface area (Å²) in [6.45, 7) is 2.68. The average Bonchev–Trinajstić information content (AvgIpc) is 2.59. The Hall–Kier alpha value is -3.15. The van der Waals surface area contributed by atoms with Gasteiger partial charge < -0.3 is 14.8 Å². The highest BCUT2D eigenvalue weighted by atomic mass is 16.5. The van der Waals surface area contributed by atoms with Crippen molar-refractivity contribution in [2.24, 2.45) is 0 Å². The molecule has 0 bridgehead atoms. The first-order chi connectivity index (χ1) is 11.9. The normalized spacial score (nSPS) is 10.0. The van der Waals surface area contributed by atoms with Gasteiger partial charge in [-0.25, -0.2) is 0 Å². The van der Waals surface area contributed by atoms with Gasteiger partial charge in [-0.3, -0.25) is 14.4 Å². The molecule has 0 heterocycles. The predicted molar refractivity (Wildman–Crippen MR) is 93.6 cm³/mol. The van der Waals surface area contributed by atoms with E-state index < -0.39 is 0 Å². The number of carbonyl (C=O) groups is 3. The second kappa shape index (κ2) is 8.10. The van der Waals surface area contributed by atoms with Crippen LogP contribution in [-0.2, 0) is 4.79 Å². The van der Waals surface area contributed by atoms with Crippen LogP contribution in [0.2, 0.25) is 0 Å². The molecule has 2 rings (SSSR count). The fourth-order valence-electron chi connectivity index (χ4n) is 2.16. The molecule has 25 heavy (non-hydrogen) atoms. The van der Waals surface area contributed by atoms with Crippen LogP contribution in [0, 0.1) is 0 Å². The van der Waals surface area contributed by atoms with E-state index in [1.54, 1.807) is 42.5 Å². The Kier molecular flexibility index (Phi) is 5.89. The Labute approximate surface area is 145 Å². The van der Waals surface area contributed by atoms with Crippen LogP contribution in [-0.4, -0.2) is 31.2 Å². The molecule has 0 saturated heterocycles. The number of nitrogens with one attached hydrogen (secondary N) is 1. The van der Waals surface area contributed by atoms with Crippen molar-refractivity contribution < 1.29 is 23.9 Å². The summed E-state index contributed by atoms with van der Waals surface area (Å²) in [7, 11) is 1.46. The van der Waals surface area contributed by atoms with Crippen molar-refractivity contribution in [3.05, 3.63) is 53.6 Å². The first-order valence-electron chi connectivity index (χ1n) is 7.63. The summed E-state index contributed by atoms with van der Waals surface area (Å²) >= 11 is 0. The van der Waals surface area contributed by atoms with Gasteiger partial charge >= 0.3 is 0 Å². The first kappa shape index (κ1) is 18.2. The molecule has 1 amide bonds. The zero-order chi connectivity index (χ0) is 18.4. The Morgan fingerprint density at radius 3 is 2.24 bits per heavy atom. The number of hydrogen-bond donors (Lipinski definition) is 1. The monoisotopic (exact) mass is 341 g/mol. The van der Waals surface area contributed by atoms with E-state index in [1.807, 2.05) is 0 Å². The number of ketones is 2. The highest BCUT2D eigenvalue weighted by Crippen LogP contribution is 2.28. The number of anilines is 1. The number of benzene rings is 2. The number of methoxy groups -OCH3 is 1. The fraction of sp³-hybridized carbons (Fsp3) is 0.211. The maximum Gasteiger partial charge on any atom is 0.262 e. The van der Waals surface area contributed by atoms with Crippen LogP contribution in [0.15, 0.2) is 42.5 Å². The summed E-state index contributed by atoms with van der Waals surface area (Å²) in [5.41, 5.74) is 1.52. The molecule has 0 saturated carbocycles. The minimum Gasteiger partial charge on any atom is -0.493 e. The Morgan fingerprint density at radius 1 is 0.920 bits per heavy atom. The minimum absolute atomic E-state index is 0.0809. The van der Waals surface area contributed by atoms with Crippen molar-refractivity contribution in [1.29, 1.82) is 0 Å². The van der Waals surface area contributed by atoms with Gasteiger partial charge in [0, 0.05) is 16.8 Å². The van der Waals surface area contributed by atoms with E-state index in [-0.39, 0.29) is 24.1 Å². The molecule has 0 spiro atoms. The van der Waals surface area contributed by atoms with Crippen LogP contribution in [0.25, 0.3) is 0 Å². The molecule has 0 unspecified atom stereocenters. The largest absolute Gasteiger partial charge is 0.493 e. The maximum absolute atomic E-state index is 12.0. The van der Waals surface area contributed by atoms with Crippen molar-refractivity contribution >= 4 is 23.2 Å². The molecule has 0 atom stereocenters. The molecule has 0 fully saturated rings. The summed E-state index contributed by atoms with van der Waals surface area (Å²) in [6.07, 6.45) is 0. The Bertz CT molecular complexity index is 813. The van der Waals surface area contributed by atoms with Gasteiger partial charge in [-0.2, -0.15) is 0 Å². The quantitative estimate of drug-likeness (QED) is 0.783. The highest BCUT2D eigenvalue weighted by Gasteiger charge is 2.11. The molecule has 2 aromatic carbocycles. The van der Waals surface area contributed by atoms with E-state index >= 15 is 0 Å². The summed E-state index contributed by atoms with van der Waals surface area (Å²) in [5.74, 6) is 0.188. The van der Waals surface area contributed by atoms with Crippen LogP contribution in [0.3, 0.4) is 0 Å². The summed E-state index contributed by atoms with van der Waals surface area (Å²) in [4.78, 5) is 34.8. The zero-order valence-corrected chi connectivity index (χ0v) is 14.3. The SMILES string of the molecule is COc1cc(C(C)=O)ccc1OCC(=O)Nc1cccc(C(C)=O)c1. The molecule has 130 valence electrons. The topological polar surface area (TPSA) is 81.7 Å². The summed E-state index contributed by atoms with van der Waals surface area (Å²) in [5, 5.41) is 2.66. The van der Waals surface area contributed by atoms with Crippen molar-refractivity contribution in [3.8, 4) is 11.5 Å². The summed E-state index contributed by atoms with van der Waals surface area (Å²) < 4.78 is 10.6. The smallest absolute Gasteiger partial charge is 0.262 e. The number of rotatable bonds is 7. The van der Waals surface area contributed by atoms with Crippen LogP contribution >= 0.6 is 0 Å². The zero-order valence-electron chi connectivity index (χ0n) is 14.3. The third-order valence-electron chi connectivity index (χ3n) is 3.48. The predicted octanol–water partition coefficient (Wildman–Crippen LogP) is 3.12. The van der Waals surface area contributed by atoms with Gasteiger partial charge in [-0.1, -0.05) is 12.1 Å². The highest BCUT2D eigenvalue weighted by molar-refractivity contribution is 5.97. The van der Waals surface area contributed by atoms with Gasteiger partial charge in [0.2, 0.25) is 0 Å². The number of Topliss-reactive ketones (excluding diaryl/α,β-unsaturated/α-hetero) is 2. The average molecular weight is 341 g/mol. The standard InChI is InChI=1S/C19H19NO5/c1-12(21)14-5-4-6-16(9-14)20-19(23)11-25-17-8-7-15(13(2)22)10-18(17)24-3/h4-10H,11H2,1-3H3,(H,20,23). The van der Waals surface area contributed by atoms with Crippen LogP contribution < -0.4 is 14.8 Å². The molecular formula is C19H19NO5. The molecule has 0 aliphatic heterocycles. The molecular weight excluding hydrogens is 322 g/mol. The number of amides is 1. The molecule has 6 heteroatoms. The molecule has 1 N–H and O–H groups in total. The van der Waals surface area contributed by atoms with Gasteiger partial charge in [0.15, 0.2) is 29.7 Å². The maximum atomic E-state index is 12.0. The summed E-state index contributed by atoms with van der Waals surface area (Å²) in [6, 6.07) is 11.4. The van der Waals surface area contributed by atoms with Crippen molar-refractivity contribution in [3.63, 3.8) is 0 Å². The molecule has 0 aliphatic carbocycles.